The van der Waals surface area contributed by atoms with E-state index >= 15 is 0 Å². The number of nitrogens with two attached hydrogens (primary N) is 1. The molecule has 2 nitrogen and oxygen atoms in total. The lowest BCUT2D eigenvalue weighted by Gasteiger charge is -2.21. The Morgan fingerprint density at radius 3 is 2.38 bits per heavy atom. The van der Waals surface area contributed by atoms with E-state index < -0.39 is 0 Å². The summed E-state index contributed by atoms with van der Waals surface area (Å²) in [7, 11) is 0. The van der Waals surface area contributed by atoms with E-state index in [1.54, 1.807) is 0 Å². The molecule has 0 saturated carbocycles. The summed E-state index contributed by atoms with van der Waals surface area (Å²) in [4.78, 5) is 2.47. The van der Waals surface area contributed by atoms with E-state index in [4.69, 9.17) is 18.0 Å². The van der Waals surface area contributed by atoms with Crippen LogP contribution < -0.4 is 5.73 Å². The molecule has 0 amide bonds. The van der Waals surface area contributed by atoms with Crippen LogP contribution in [0.3, 0.4) is 0 Å². The van der Waals surface area contributed by atoms with Crippen molar-refractivity contribution >= 4 is 17.2 Å². The minimum absolute atomic E-state index is 0.224. The van der Waals surface area contributed by atoms with Crippen LogP contribution in [0.15, 0.2) is 48.5 Å². The molecule has 0 aromatic heterocycles. The topological polar surface area (TPSA) is 29.3 Å². The molecule has 0 radical (unpaired) electrons. The summed E-state index contributed by atoms with van der Waals surface area (Å²) in [5, 5.41) is 0. The summed E-state index contributed by atoms with van der Waals surface area (Å²) < 4.78 is 13.6. The Balaban J connectivity index is 2.13. The average molecular weight is 302 g/mol. The summed E-state index contributed by atoms with van der Waals surface area (Å²) in [5.41, 5.74) is 8.29. The molecule has 0 saturated heterocycles. The quantitative estimate of drug-likeness (QED) is 0.828. The summed E-state index contributed by atoms with van der Waals surface area (Å²) >= 11 is 4.93. The molecule has 110 valence electrons. The van der Waals surface area contributed by atoms with Crippen LogP contribution in [0.25, 0.3) is 0 Å². The maximum Gasteiger partial charge on any atom is 0.124 e. The third kappa shape index (κ3) is 4.62. The molecule has 2 rings (SSSR count). The smallest absolute Gasteiger partial charge is 0.124 e. The maximum atomic E-state index is 13.6. The first-order valence-corrected chi connectivity index (χ1v) is 7.35. The van der Waals surface area contributed by atoms with Crippen LogP contribution in [0.4, 0.5) is 4.39 Å². The Morgan fingerprint density at radius 1 is 1.10 bits per heavy atom. The molecular weight excluding hydrogens is 283 g/mol. The van der Waals surface area contributed by atoms with E-state index in [1.165, 1.54) is 17.7 Å². The molecule has 0 aliphatic heterocycles. The molecule has 0 fully saturated rings. The lowest BCUT2D eigenvalue weighted by Crippen LogP contribution is -2.22. The Kier molecular flexibility index (Phi) is 5.42. The lowest BCUT2D eigenvalue weighted by molar-refractivity contribution is 0.271. The fourth-order valence-corrected chi connectivity index (χ4v) is 2.38. The van der Waals surface area contributed by atoms with Crippen molar-refractivity contribution in [3.8, 4) is 0 Å². The van der Waals surface area contributed by atoms with Gasteiger partial charge in [-0.2, -0.15) is 0 Å². The van der Waals surface area contributed by atoms with Crippen LogP contribution in [0.1, 0.15) is 23.6 Å². The number of benzene rings is 2. The first-order valence-electron chi connectivity index (χ1n) is 6.94. The Morgan fingerprint density at radius 2 is 1.76 bits per heavy atom. The molecule has 0 bridgehead atoms. The Labute approximate surface area is 130 Å². The van der Waals surface area contributed by atoms with Gasteiger partial charge in [-0.1, -0.05) is 49.5 Å². The summed E-state index contributed by atoms with van der Waals surface area (Å²) in [6.07, 6.45) is 0. The van der Waals surface area contributed by atoms with Gasteiger partial charge in [-0.15, -0.1) is 0 Å². The molecule has 0 atom stereocenters. The van der Waals surface area contributed by atoms with Crippen molar-refractivity contribution in [1.82, 2.24) is 4.90 Å². The molecule has 2 aromatic rings. The van der Waals surface area contributed by atoms with Crippen molar-refractivity contribution < 1.29 is 4.39 Å². The van der Waals surface area contributed by atoms with Crippen molar-refractivity contribution in [2.24, 2.45) is 5.73 Å². The SMILES string of the molecule is CCN(Cc1ccccc1)Cc1cc(F)cc(C(N)=S)c1. The van der Waals surface area contributed by atoms with Crippen molar-refractivity contribution in [1.29, 1.82) is 0 Å². The molecule has 2 aromatic carbocycles. The highest BCUT2D eigenvalue weighted by Gasteiger charge is 2.08. The van der Waals surface area contributed by atoms with Crippen molar-refractivity contribution in [2.45, 2.75) is 20.0 Å². The highest BCUT2D eigenvalue weighted by molar-refractivity contribution is 7.80. The maximum absolute atomic E-state index is 13.6. The second-order valence-corrected chi connectivity index (χ2v) is 5.44. The molecule has 2 N–H and O–H groups in total. The van der Waals surface area contributed by atoms with Gasteiger partial charge in [-0.05, 0) is 35.9 Å². The zero-order valence-corrected chi connectivity index (χ0v) is 12.9. The number of rotatable bonds is 6. The predicted molar refractivity (Wildman–Crippen MR) is 88.5 cm³/mol. The molecule has 0 aliphatic carbocycles. The van der Waals surface area contributed by atoms with Gasteiger partial charge in [0.25, 0.3) is 0 Å². The number of hydrogen-bond donors (Lipinski definition) is 1. The summed E-state index contributed by atoms with van der Waals surface area (Å²) in [6, 6.07) is 15.0. The van der Waals surface area contributed by atoms with Crippen molar-refractivity contribution in [3.05, 3.63) is 71.0 Å². The van der Waals surface area contributed by atoms with Gasteiger partial charge in [0.05, 0.1) is 0 Å². The first-order chi connectivity index (χ1) is 10.1. The normalized spacial score (nSPS) is 10.8. The van der Waals surface area contributed by atoms with Gasteiger partial charge >= 0.3 is 0 Å². The van der Waals surface area contributed by atoms with E-state index in [-0.39, 0.29) is 10.8 Å². The van der Waals surface area contributed by atoms with Crippen LogP contribution in [-0.4, -0.2) is 16.4 Å². The molecule has 21 heavy (non-hydrogen) atoms. The largest absolute Gasteiger partial charge is 0.389 e. The first kappa shape index (κ1) is 15.6. The summed E-state index contributed by atoms with van der Waals surface area (Å²) in [6.45, 7) is 4.47. The highest BCUT2D eigenvalue weighted by atomic mass is 32.1. The van der Waals surface area contributed by atoms with E-state index in [0.29, 0.717) is 12.1 Å². The molecule has 0 spiro atoms. The Hall–Kier alpha value is -1.78. The minimum Gasteiger partial charge on any atom is -0.389 e. The Bertz CT molecular complexity index is 613. The lowest BCUT2D eigenvalue weighted by atomic mass is 10.1. The number of halogens is 1. The van der Waals surface area contributed by atoms with E-state index in [1.807, 2.05) is 24.3 Å². The molecule has 0 unspecified atom stereocenters. The van der Waals surface area contributed by atoms with E-state index in [2.05, 4.69) is 24.0 Å². The van der Waals surface area contributed by atoms with Crippen molar-refractivity contribution in [3.63, 3.8) is 0 Å². The van der Waals surface area contributed by atoms with Gasteiger partial charge in [-0.3, -0.25) is 4.90 Å². The second kappa shape index (κ2) is 7.29. The van der Waals surface area contributed by atoms with Gasteiger partial charge in [0.15, 0.2) is 0 Å². The molecular formula is C17H19FN2S. The van der Waals surface area contributed by atoms with Gasteiger partial charge in [-0.25, -0.2) is 4.39 Å². The van der Waals surface area contributed by atoms with Gasteiger partial charge < -0.3 is 5.73 Å². The third-order valence-corrected chi connectivity index (χ3v) is 3.58. The predicted octanol–water partition coefficient (Wildman–Crippen LogP) is 3.48. The fourth-order valence-electron chi connectivity index (χ4n) is 2.26. The summed E-state index contributed by atoms with van der Waals surface area (Å²) in [5.74, 6) is -0.300. The van der Waals surface area contributed by atoms with Crippen LogP contribution in [0, 0.1) is 5.82 Å². The minimum atomic E-state index is -0.300. The van der Waals surface area contributed by atoms with Crippen LogP contribution in [-0.2, 0) is 13.1 Å². The van der Waals surface area contributed by atoms with Crippen molar-refractivity contribution in [2.75, 3.05) is 6.54 Å². The van der Waals surface area contributed by atoms with E-state index in [9.17, 15) is 4.39 Å². The second-order valence-electron chi connectivity index (χ2n) is 5.00. The number of hydrogen-bond acceptors (Lipinski definition) is 2. The third-order valence-electron chi connectivity index (χ3n) is 3.34. The standard InChI is InChI=1S/C17H19FN2S/c1-2-20(11-13-6-4-3-5-7-13)12-14-8-15(17(19)21)10-16(18)9-14/h3-10H,2,11-12H2,1H3,(H2,19,21). The van der Waals surface area contributed by atoms with Crippen LogP contribution in [0.5, 0.6) is 0 Å². The van der Waals surface area contributed by atoms with E-state index in [0.717, 1.165) is 18.7 Å². The van der Waals surface area contributed by atoms with Crippen LogP contribution >= 0.6 is 12.2 Å². The molecule has 0 heterocycles. The molecule has 0 aliphatic rings. The van der Waals surface area contributed by atoms with Gasteiger partial charge in [0.1, 0.15) is 10.8 Å². The van der Waals surface area contributed by atoms with Gasteiger partial charge in [0.2, 0.25) is 0 Å². The monoisotopic (exact) mass is 302 g/mol. The highest BCUT2D eigenvalue weighted by Crippen LogP contribution is 2.14. The zero-order valence-electron chi connectivity index (χ0n) is 12.1. The zero-order chi connectivity index (χ0) is 15.2. The number of thiocarbonyl (C=S) groups is 1. The van der Waals surface area contributed by atoms with Gasteiger partial charge in [0, 0.05) is 18.7 Å². The molecule has 4 heteroatoms. The fraction of sp³-hybridized carbons (Fsp3) is 0.235. The van der Waals surface area contributed by atoms with Crippen LogP contribution in [0.2, 0.25) is 0 Å². The number of nitrogens with zero attached hydrogens (tertiary/aromatic N) is 1. The average Bonchev–Trinajstić information content (AvgIpc) is 2.47.